The fourth-order valence-electron chi connectivity index (χ4n) is 3.11. The minimum absolute atomic E-state index is 0.101. The second kappa shape index (κ2) is 7.50. The zero-order chi connectivity index (χ0) is 18.6. The molecule has 1 amide bonds. The van der Waals surface area contributed by atoms with Crippen LogP contribution >= 0.6 is 0 Å². The van der Waals surface area contributed by atoms with Crippen LogP contribution in [0.5, 0.6) is 5.75 Å². The molecule has 0 saturated carbocycles. The summed E-state index contributed by atoms with van der Waals surface area (Å²) in [7, 11) is 0. The number of ether oxygens (including phenoxy) is 1. The van der Waals surface area contributed by atoms with Crippen LogP contribution in [0.15, 0.2) is 60.8 Å². The van der Waals surface area contributed by atoms with Crippen molar-refractivity contribution in [1.29, 1.82) is 0 Å². The van der Waals surface area contributed by atoms with Crippen molar-refractivity contribution in [2.45, 2.75) is 13.3 Å². The van der Waals surface area contributed by atoms with Crippen molar-refractivity contribution in [3.05, 3.63) is 72.1 Å². The van der Waals surface area contributed by atoms with Crippen LogP contribution in [0.1, 0.15) is 22.5 Å². The number of aromatic amines is 1. The summed E-state index contributed by atoms with van der Waals surface area (Å²) in [6, 6.07) is 17.8. The fraction of sp³-hybridized carbons (Fsp3) is 0.182. The SMILES string of the molecule is Cc1ccc2cc(C(=O)NCCCOc3cccc4cccnc34)[nH]c2c1. The van der Waals surface area contributed by atoms with Gasteiger partial charge in [-0.05, 0) is 43.2 Å². The van der Waals surface area contributed by atoms with E-state index in [1.165, 1.54) is 0 Å². The highest BCUT2D eigenvalue weighted by atomic mass is 16.5. The predicted octanol–water partition coefficient (Wildman–Crippen LogP) is 4.22. The van der Waals surface area contributed by atoms with E-state index in [4.69, 9.17) is 4.74 Å². The molecule has 0 radical (unpaired) electrons. The lowest BCUT2D eigenvalue weighted by molar-refractivity contribution is 0.0947. The van der Waals surface area contributed by atoms with E-state index in [0.29, 0.717) is 25.3 Å². The number of aromatic nitrogens is 2. The molecule has 4 rings (SSSR count). The Morgan fingerprint density at radius 3 is 2.93 bits per heavy atom. The van der Waals surface area contributed by atoms with Gasteiger partial charge in [-0.2, -0.15) is 0 Å². The van der Waals surface area contributed by atoms with E-state index >= 15 is 0 Å². The topological polar surface area (TPSA) is 67.0 Å². The highest BCUT2D eigenvalue weighted by Crippen LogP contribution is 2.23. The van der Waals surface area contributed by atoms with Crippen molar-refractivity contribution < 1.29 is 9.53 Å². The number of para-hydroxylation sites is 1. The Balaban J connectivity index is 1.30. The smallest absolute Gasteiger partial charge is 0.267 e. The van der Waals surface area contributed by atoms with Gasteiger partial charge in [0.05, 0.1) is 6.61 Å². The maximum atomic E-state index is 12.3. The minimum atomic E-state index is -0.101. The molecule has 0 saturated heterocycles. The van der Waals surface area contributed by atoms with Crippen LogP contribution in [-0.2, 0) is 0 Å². The van der Waals surface area contributed by atoms with Gasteiger partial charge in [0.25, 0.3) is 5.91 Å². The molecule has 2 aromatic carbocycles. The van der Waals surface area contributed by atoms with Crippen molar-refractivity contribution in [3.63, 3.8) is 0 Å². The van der Waals surface area contributed by atoms with E-state index in [9.17, 15) is 4.79 Å². The molecule has 0 spiro atoms. The molecule has 0 unspecified atom stereocenters. The Bertz CT molecular complexity index is 1100. The third-order valence-corrected chi connectivity index (χ3v) is 4.48. The molecule has 0 fully saturated rings. The van der Waals surface area contributed by atoms with Crippen LogP contribution in [0.2, 0.25) is 0 Å². The summed E-state index contributed by atoms with van der Waals surface area (Å²) in [5, 5.41) is 5.02. The Kier molecular flexibility index (Phi) is 4.75. The molecule has 0 aliphatic heterocycles. The van der Waals surface area contributed by atoms with Gasteiger partial charge in [0.15, 0.2) is 0 Å². The van der Waals surface area contributed by atoms with Gasteiger partial charge in [0.1, 0.15) is 17.0 Å². The molecule has 0 aliphatic carbocycles. The molecule has 27 heavy (non-hydrogen) atoms. The van der Waals surface area contributed by atoms with E-state index in [2.05, 4.69) is 15.3 Å². The van der Waals surface area contributed by atoms with Gasteiger partial charge in [0, 0.05) is 29.0 Å². The molecule has 2 N–H and O–H groups in total. The predicted molar refractivity (Wildman–Crippen MR) is 107 cm³/mol. The van der Waals surface area contributed by atoms with E-state index < -0.39 is 0 Å². The molecule has 4 aromatic rings. The Morgan fingerprint density at radius 1 is 1.11 bits per heavy atom. The number of amides is 1. The highest BCUT2D eigenvalue weighted by Gasteiger charge is 2.09. The van der Waals surface area contributed by atoms with Crippen molar-refractivity contribution >= 4 is 27.7 Å². The first kappa shape index (κ1) is 17.1. The van der Waals surface area contributed by atoms with Gasteiger partial charge in [0.2, 0.25) is 0 Å². The third kappa shape index (κ3) is 3.77. The molecule has 2 aromatic heterocycles. The van der Waals surface area contributed by atoms with Crippen molar-refractivity contribution in [3.8, 4) is 5.75 Å². The van der Waals surface area contributed by atoms with Gasteiger partial charge in [-0.25, -0.2) is 0 Å². The standard InChI is InChI=1S/C22H21N3O2/c1-15-8-9-17-14-19(25-18(17)13-15)22(26)24-11-4-12-27-20-7-2-5-16-6-3-10-23-21(16)20/h2-3,5-10,13-14,25H,4,11-12H2,1H3,(H,24,26). The molecule has 5 nitrogen and oxygen atoms in total. The molecule has 2 heterocycles. The zero-order valence-electron chi connectivity index (χ0n) is 15.2. The number of carbonyl (C=O) groups excluding carboxylic acids is 1. The first-order valence-electron chi connectivity index (χ1n) is 9.05. The van der Waals surface area contributed by atoms with E-state index in [-0.39, 0.29) is 5.91 Å². The number of rotatable bonds is 6. The van der Waals surface area contributed by atoms with Crippen LogP contribution in [0, 0.1) is 6.92 Å². The normalized spacial score (nSPS) is 11.0. The molecular weight excluding hydrogens is 338 g/mol. The quantitative estimate of drug-likeness (QED) is 0.507. The molecule has 0 bridgehead atoms. The van der Waals surface area contributed by atoms with Crippen molar-refractivity contribution in [1.82, 2.24) is 15.3 Å². The van der Waals surface area contributed by atoms with Gasteiger partial charge < -0.3 is 15.0 Å². The average molecular weight is 359 g/mol. The summed E-state index contributed by atoms with van der Waals surface area (Å²) in [5.41, 5.74) is 3.58. The number of pyridine rings is 1. The molecular formula is C22H21N3O2. The monoisotopic (exact) mass is 359 g/mol. The maximum Gasteiger partial charge on any atom is 0.267 e. The molecule has 5 heteroatoms. The second-order valence-electron chi connectivity index (χ2n) is 6.56. The van der Waals surface area contributed by atoms with Crippen LogP contribution in [0.4, 0.5) is 0 Å². The van der Waals surface area contributed by atoms with Crippen LogP contribution in [0.25, 0.3) is 21.8 Å². The lowest BCUT2D eigenvalue weighted by Crippen LogP contribution is -2.25. The first-order chi connectivity index (χ1) is 13.2. The van der Waals surface area contributed by atoms with Gasteiger partial charge >= 0.3 is 0 Å². The summed E-state index contributed by atoms with van der Waals surface area (Å²) in [4.78, 5) is 19.9. The summed E-state index contributed by atoms with van der Waals surface area (Å²) in [6.45, 7) is 3.10. The Labute approximate surface area is 157 Å². The number of H-pyrrole nitrogens is 1. The fourth-order valence-corrected chi connectivity index (χ4v) is 3.11. The lowest BCUT2D eigenvalue weighted by atomic mass is 10.2. The number of nitrogens with one attached hydrogen (secondary N) is 2. The number of nitrogens with zero attached hydrogens (tertiary/aromatic N) is 1. The number of fused-ring (bicyclic) bond motifs is 2. The summed E-state index contributed by atoms with van der Waals surface area (Å²) in [5.74, 6) is 0.668. The van der Waals surface area contributed by atoms with Crippen LogP contribution < -0.4 is 10.1 Å². The van der Waals surface area contributed by atoms with Crippen molar-refractivity contribution in [2.24, 2.45) is 0 Å². The number of aryl methyl sites for hydroxylation is 1. The molecule has 0 atom stereocenters. The van der Waals surface area contributed by atoms with Gasteiger partial charge in [-0.1, -0.05) is 30.3 Å². The van der Waals surface area contributed by atoms with E-state index in [1.807, 2.05) is 61.5 Å². The summed E-state index contributed by atoms with van der Waals surface area (Å²) >= 11 is 0. The number of benzene rings is 2. The van der Waals surface area contributed by atoms with E-state index in [0.717, 1.165) is 33.1 Å². The van der Waals surface area contributed by atoms with Gasteiger partial charge in [-0.3, -0.25) is 9.78 Å². The molecule has 136 valence electrons. The van der Waals surface area contributed by atoms with E-state index in [1.54, 1.807) is 6.20 Å². The maximum absolute atomic E-state index is 12.3. The van der Waals surface area contributed by atoms with Crippen LogP contribution in [0.3, 0.4) is 0 Å². The van der Waals surface area contributed by atoms with Crippen LogP contribution in [-0.4, -0.2) is 29.0 Å². The third-order valence-electron chi connectivity index (χ3n) is 4.48. The largest absolute Gasteiger partial charge is 0.491 e. The minimum Gasteiger partial charge on any atom is -0.491 e. The Morgan fingerprint density at radius 2 is 2.00 bits per heavy atom. The second-order valence-corrected chi connectivity index (χ2v) is 6.56. The van der Waals surface area contributed by atoms with Crippen molar-refractivity contribution in [2.75, 3.05) is 13.2 Å². The number of carbonyl (C=O) groups is 1. The Hall–Kier alpha value is -3.34. The first-order valence-corrected chi connectivity index (χ1v) is 9.05. The summed E-state index contributed by atoms with van der Waals surface area (Å²) in [6.07, 6.45) is 2.48. The summed E-state index contributed by atoms with van der Waals surface area (Å²) < 4.78 is 5.85. The molecule has 0 aliphatic rings. The average Bonchev–Trinajstić information content (AvgIpc) is 3.11. The van der Waals surface area contributed by atoms with Gasteiger partial charge in [-0.15, -0.1) is 0 Å². The zero-order valence-corrected chi connectivity index (χ0v) is 15.2. The number of hydrogen-bond donors (Lipinski definition) is 2. The number of hydrogen-bond acceptors (Lipinski definition) is 3. The lowest BCUT2D eigenvalue weighted by Gasteiger charge is -2.09. The highest BCUT2D eigenvalue weighted by molar-refractivity contribution is 5.98.